The molecule has 0 saturated heterocycles. The van der Waals surface area contributed by atoms with Crippen LogP contribution in [-0.4, -0.2) is 50.5 Å². The van der Waals surface area contributed by atoms with Crippen molar-refractivity contribution in [2.75, 3.05) is 23.7 Å². The Kier molecular flexibility index (Phi) is 9.40. The van der Waals surface area contributed by atoms with Crippen LogP contribution in [0.4, 0.5) is 10.1 Å². The molecule has 0 aromatic heterocycles. The van der Waals surface area contributed by atoms with Crippen LogP contribution in [0, 0.1) is 12.7 Å². The lowest BCUT2D eigenvalue weighted by atomic mass is 10.1. The van der Waals surface area contributed by atoms with Crippen molar-refractivity contribution in [2.24, 2.45) is 0 Å². The van der Waals surface area contributed by atoms with Crippen LogP contribution in [0.25, 0.3) is 0 Å². The van der Waals surface area contributed by atoms with E-state index in [9.17, 15) is 22.4 Å². The fourth-order valence-corrected chi connectivity index (χ4v) is 4.49. The summed E-state index contributed by atoms with van der Waals surface area (Å²) in [5, 5.41) is 2.75. The van der Waals surface area contributed by atoms with Crippen molar-refractivity contribution < 1.29 is 22.4 Å². The van der Waals surface area contributed by atoms with Gasteiger partial charge in [0, 0.05) is 26.1 Å². The number of aryl methyl sites for hydroxylation is 1. The monoisotopic (exact) mass is 477 g/mol. The second kappa shape index (κ2) is 11.8. The minimum atomic E-state index is -3.62. The quantitative estimate of drug-likeness (QED) is 0.538. The third-order valence-electron chi connectivity index (χ3n) is 5.22. The molecule has 9 heteroatoms. The number of nitrogens with one attached hydrogen (secondary N) is 1. The van der Waals surface area contributed by atoms with E-state index >= 15 is 0 Å². The first-order valence-corrected chi connectivity index (χ1v) is 12.7. The summed E-state index contributed by atoms with van der Waals surface area (Å²) in [6, 6.07) is 12.2. The minimum absolute atomic E-state index is 0.0583. The highest BCUT2D eigenvalue weighted by Crippen LogP contribution is 2.19. The Morgan fingerprint density at radius 3 is 2.36 bits per heavy atom. The van der Waals surface area contributed by atoms with Crippen molar-refractivity contribution >= 4 is 27.5 Å². The van der Waals surface area contributed by atoms with Gasteiger partial charge in [-0.3, -0.25) is 13.9 Å². The Morgan fingerprint density at radius 2 is 1.79 bits per heavy atom. The van der Waals surface area contributed by atoms with Gasteiger partial charge in [-0.25, -0.2) is 12.8 Å². The molecule has 0 aliphatic heterocycles. The summed E-state index contributed by atoms with van der Waals surface area (Å²) >= 11 is 0. The first-order chi connectivity index (χ1) is 15.5. The number of nitrogens with zero attached hydrogens (tertiary/aromatic N) is 2. The Morgan fingerprint density at radius 1 is 1.12 bits per heavy atom. The topological polar surface area (TPSA) is 86.8 Å². The largest absolute Gasteiger partial charge is 0.355 e. The fraction of sp³-hybridized carbons (Fsp3) is 0.417. The van der Waals surface area contributed by atoms with Gasteiger partial charge in [0.05, 0.1) is 11.9 Å². The van der Waals surface area contributed by atoms with Crippen LogP contribution in [0.5, 0.6) is 0 Å². The molecule has 33 heavy (non-hydrogen) atoms. The second-order valence-corrected chi connectivity index (χ2v) is 9.90. The van der Waals surface area contributed by atoms with Crippen LogP contribution in [0.3, 0.4) is 0 Å². The lowest BCUT2D eigenvalue weighted by molar-refractivity contribution is -0.140. The smallest absolute Gasteiger partial charge is 0.242 e. The average molecular weight is 478 g/mol. The number of sulfonamides is 1. The molecule has 1 atom stereocenters. The Labute approximate surface area is 195 Å². The molecule has 0 fully saturated rings. The van der Waals surface area contributed by atoms with Gasteiger partial charge in [-0.15, -0.1) is 0 Å². The Bertz CT molecular complexity index is 1060. The highest BCUT2D eigenvalue weighted by molar-refractivity contribution is 7.92. The molecule has 0 bridgehead atoms. The normalized spacial score (nSPS) is 12.2. The summed E-state index contributed by atoms with van der Waals surface area (Å²) in [7, 11) is -3.62. The molecule has 0 spiro atoms. The standard InChI is InChI=1S/C24H32FN3O4S/c1-5-26-24(30)19(3)27(17-20-9-6-8-18(2)16-20)23(29)10-7-15-28(33(4,31)32)22-13-11-21(25)12-14-22/h6,8-9,11-14,16,19H,5,7,10,15,17H2,1-4H3,(H,26,30)/t19-/m0/s1. The van der Waals surface area contributed by atoms with Crippen LogP contribution in [0.15, 0.2) is 48.5 Å². The van der Waals surface area contributed by atoms with Gasteiger partial charge < -0.3 is 10.2 Å². The van der Waals surface area contributed by atoms with Crippen molar-refractivity contribution in [3.8, 4) is 0 Å². The van der Waals surface area contributed by atoms with Crippen LogP contribution in [0.1, 0.15) is 37.8 Å². The number of hydrogen-bond acceptors (Lipinski definition) is 4. The fourth-order valence-electron chi connectivity index (χ4n) is 3.52. The maximum absolute atomic E-state index is 13.2. The van der Waals surface area contributed by atoms with Gasteiger partial charge in [-0.1, -0.05) is 29.8 Å². The predicted molar refractivity (Wildman–Crippen MR) is 128 cm³/mol. The number of carbonyl (C=O) groups is 2. The highest BCUT2D eigenvalue weighted by Gasteiger charge is 2.26. The molecule has 2 amide bonds. The molecule has 0 aliphatic carbocycles. The number of amides is 2. The van der Waals surface area contributed by atoms with Gasteiger partial charge >= 0.3 is 0 Å². The first kappa shape index (κ1) is 26.3. The number of halogens is 1. The number of carbonyl (C=O) groups excluding carboxylic acids is 2. The summed E-state index contributed by atoms with van der Waals surface area (Å²) in [5.41, 5.74) is 2.29. The van der Waals surface area contributed by atoms with Crippen molar-refractivity contribution in [3.63, 3.8) is 0 Å². The number of benzene rings is 2. The van der Waals surface area contributed by atoms with Gasteiger partial charge in [0.1, 0.15) is 11.9 Å². The maximum atomic E-state index is 13.2. The van der Waals surface area contributed by atoms with Gasteiger partial charge in [-0.05, 0) is 57.0 Å². The van der Waals surface area contributed by atoms with E-state index in [-0.39, 0.29) is 37.7 Å². The molecule has 0 aliphatic rings. The molecule has 0 radical (unpaired) electrons. The van der Waals surface area contributed by atoms with Gasteiger partial charge in [-0.2, -0.15) is 0 Å². The lowest BCUT2D eigenvalue weighted by Crippen LogP contribution is -2.47. The third-order valence-corrected chi connectivity index (χ3v) is 6.41. The van der Waals surface area contributed by atoms with Crippen molar-refractivity contribution in [1.29, 1.82) is 0 Å². The molecule has 2 aromatic rings. The average Bonchev–Trinajstić information content (AvgIpc) is 2.74. The molecule has 2 aromatic carbocycles. The van der Waals surface area contributed by atoms with Crippen molar-refractivity contribution in [3.05, 3.63) is 65.5 Å². The SMILES string of the molecule is CCNC(=O)[C@H](C)N(Cc1cccc(C)c1)C(=O)CCCN(c1ccc(F)cc1)S(C)(=O)=O. The lowest BCUT2D eigenvalue weighted by Gasteiger charge is -2.29. The zero-order chi connectivity index (χ0) is 24.6. The zero-order valence-electron chi connectivity index (χ0n) is 19.5. The first-order valence-electron chi connectivity index (χ1n) is 10.9. The molecule has 0 heterocycles. The summed E-state index contributed by atoms with van der Waals surface area (Å²) < 4.78 is 38.9. The Hall–Kier alpha value is -2.94. The molecule has 180 valence electrons. The zero-order valence-corrected chi connectivity index (χ0v) is 20.4. The van der Waals surface area contributed by atoms with Crippen LogP contribution >= 0.6 is 0 Å². The Balaban J connectivity index is 2.14. The summed E-state index contributed by atoms with van der Waals surface area (Å²) in [6.45, 7) is 6.23. The number of rotatable bonds is 11. The van der Waals surface area contributed by atoms with Crippen LogP contribution in [0.2, 0.25) is 0 Å². The van der Waals surface area contributed by atoms with E-state index in [2.05, 4.69) is 5.32 Å². The van der Waals surface area contributed by atoms with E-state index in [1.54, 1.807) is 6.92 Å². The molecule has 1 N–H and O–H groups in total. The van der Waals surface area contributed by atoms with E-state index in [0.29, 0.717) is 12.2 Å². The summed E-state index contributed by atoms with van der Waals surface area (Å²) in [5.74, 6) is -0.959. The predicted octanol–water partition coefficient (Wildman–Crippen LogP) is 3.23. The maximum Gasteiger partial charge on any atom is 0.242 e. The number of anilines is 1. The molecule has 7 nitrogen and oxygen atoms in total. The highest BCUT2D eigenvalue weighted by atomic mass is 32.2. The summed E-state index contributed by atoms with van der Waals surface area (Å²) in [6.07, 6.45) is 1.37. The molecular formula is C24H32FN3O4S. The van der Waals surface area contributed by atoms with E-state index in [1.165, 1.54) is 29.2 Å². The van der Waals surface area contributed by atoms with Crippen molar-refractivity contribution in [1.82, 2.24) is 10.2 Å². The van der Waals surface area contributed by atoms with E-state index in [0.717, 1.165) is 21.7 Å². The summed E-state index contributed by atoms with van der Waals surface area (Å²) in [4.78, 5) is 27.1. The minimum Gasteiger partial charge on any atom is -0.355 e. The molecular weight excluding hydrogens is 445 g/mol. The van der Waals surface area contributed by atoms with Gasteiger partial charge in [0.15, 0.2) is 0 Å². The van der Waals surface area contributed by atoms with Crippen LogP contribution in [-0.2, 0) is 26.2 Å². The van der Waals surface area contributed by atoms with Gasteiger partial charge in [0.25, 0.3) is 0 Å². The third kappa shape index (κ3) is 7.85. The van der Waals surface area contributed by atoms with E-state index in [4.69, 9.17) is 0 Å². The van der Waals surface area contributed by atoms with Crippen molar-refractivity contribution in [2.45, 2.75) is 46.2 Å². The second-order valence-electron chi connectivity index (χ2n) is 8.00. The molecule has 0 unspecified atom stereocenters. The van der Waals surface area contributed by atoms with E-state index < -0.39 is 21.9 Å². The molecule has 2 rings (SSSR count). The van der Waals surface area contributed by atoms with Gasteiger partial charge in [0.2, 0.25) is 21.8 Å². The molecule has 0 saturated carbocycles. The van der Waals surface area contributed by atoms with Crippen LogP contribution < -0.4 is 9.62 Å². The van der Waals surface area contributed by atoms with E-state index in [1.807, 2.05) is 38.1 Å². The number of hydrogen-bond donors (Lipinski definition) is 1. The number of likely N-dealkylation sites (N-methyl/N-ethyl adjacent to an activating group) is 1.